The number of carbonyl (C=O) groups excluding carboxylic acids is 2. The summed E-state index contributed by atoms with van der Waals surface area (Å²) >= 11 is 0. The Morgan fingerprint density at radius 2 is 2.00 bits per heavy atom. The van der Waals surface area contributed by atoms with Crippen molar-refractivity contribution in [2.75, 3.05) is 6.61 Å². The molecule has 1 aliphatic rings. The van der Waals surface area contributed by atoms with Crippen molar-refractivity contribution in [2.24, 2.45) is 5.92 Å². The molecule has 1 aromatic carbocycles. The molecule has 3 atom stereocenters. The Balaban J connectivity index is 1.82. The molecule has 1 aromatic rings. The fraction of sp³-hybridized carbons (Fsp3) is 0.467. The third-order valence-electron chi connectivity index (χ3n) is 3.21. The second-order valence-electron chi connectivity index (χ2n) is 4.89. The van der Waals surface area contributed by atoms with Crippen molar-refractivity contribution in [1.29, 1.82) is 0 Å². The maximum absolute atomic E-state index is 11.8. The van der Waals surface area contributed by atoms with E-state index in [1.165, 1.54) is 6.92 Å². The van der Waals surface area contributed by atoms with Gasteiger partial charge in [-0.05, 0) is 18.1 Å². The summed E-state index contributed by atoms with van der Waals surface area (Å²) in [5.41, 5.74) is 0.509. The van der Waals surface area contributed by atoms with Crippen molar-refractivity contribution in [3.05, 3.63) is 35.9 Å². The SMILES string of the molecule is CC(=O)OC1C[C@H](C)[C@@H](COC(=O)c2ccccc2)O1. The lowest BCUT2D eigenvalue weighted by Crippen LogP contribution is -2.24. The molecular weight excluding hydrogens is 260 g/mol. The van der Waals surface area contributed by atoms with Gasteiger partial charge >= 0.3 is 11.9 Å². The highest BCUT2D eigenvalue weighted by Crippen LogP contribution is 2.27. The van der Waals surface area contributed by atoms with Crippen LogP contribution in [0.4, 0.5) is 0 Å². The van der Waals surface area contributed by atoms with Gasteiger partial charge in [-0.25, -0.2) is 4.79 Å². The molecule has 20 heavy (non-hydrogen) atoms. The van der Waals surface area contributed by atoms with Crippen molar-refractivity contribution in [3.63, 3.8) is 0 Å². The Bertz CT molecular complexity index is 470. The lowest BCUT2D eigenvalue weighted by atomic mass is 10.0. The molecule has 0 aliphatic carbocycles. The van der Waals surface area contributed by atoms with E-state index < -0.39 is 6.29 Å². The number of carbonyl (C=O) groups is 2. The molecule has 5 nitrogen and oxygen atoms in total. The molecule has 0 amide bonds. The van der Waals surface area contributed by atoms with E-state index in [1.807, 2.05) is 13.0 Å². The first kappa shape index (κ1) is 14.5. The van der Waals surface area contributed by atoms with E-state index in [-0.39, 0.29) is 30.6 Å². The van der Waals surface area contributed by atoms with Crippen LogP contribution in [0.5, 0.6) is 0 Å². The second kappa shape index (κ2) is 6.52. The third-order valence-corrected chi connectivity index (χ3v) is 3.21. The van der Waals surface area contributed by atoms with Crippen LogP contribution in [0.1, 0.15) is 30.6 Å². The van der Waals surface area contributed by atoms with Crippen LogP contribution in [0.25, 0.3) is 0 Å². The topological polar surface area (TPSA) is 61.8 Å². The van der Waals surface area contributed by atoms with Gasteiger partial charge in [0.1, 0.15) is 6.61 Å². The first-order chi connectivity index (χ1) is 9.56. The van der Waals surface area contributed by atoms with Crippen molar-refractivity contribution >= 4 is 11.9 Å². The summed E-state index contributed by atoms with van der Waals surface area (Å²) in [6.45, 7) is 3.48. The van der Waals surface area contributed by atoms with Crippen LogP contribution in [0.2, 0.25) is 0 Å². The minimum atomic E-state index is -0.539. The molecule has 0 saturated carbocycles. The summed E-state index contributed by atoms with van der Waals surface area (Å²) in [6.07, 6.45) is -0.164. The van der Waals surface area contributed by atoms with Crippen LogP contribution < -0.4 is 0 Å². The largest absolute Gasteiger partial charge is 0.459 e. The normalized spacial score (nSPS) is 25.2. The maximum Gasteiger partial charge on any atom is 0.338 e. The molecule has 108 valence electrons. The number of rotatable bonds is 4. The molecule has 2 rings (SSSR count). The van der Waals surface area contributed by atoms with Gasteiger partial charge in [0.2, 0.25) is 6.29 Å². The number of esters is 2. The standard InChI is InChI=1S/C15H18O5/c1-10-8-14(19-11(2)16)20-13(10)9-18-15(17)12-6-4-3-5-7-12/h3-7,10,13-14H,8-9H2,1-2H3/t10-,13+,14?/m0/s1. The molecule has 1 fully saturated rings. The lowest BCUT2D eigenvalue weighted by Gasteiger charge is -2.15. The Morgan fingerprint density at radius 1 is 1.30 bits per heavy atom. The first-order valence-corrected chi connectivity index (χ1v) is 6.61. The molecule has 5 heteroatoms. The minimum Gasteiger partial charge on any atom is -0.459 e. The van der Waals surface area contributed by atoms with Crippen molar-refractivity contribution < 1.29 is 23.8 Å². The van der Waals surface area contributed by atoms with Gasteiger partial charge in [0.15, 0.2) is 0 Å². The fourth-order valence-corrected chi connectivity index (χ4v) is 2.12. The number of hydrogen-bond donors (Lipinski definition) is 0. The van der Waals surface area contributed by atoms with Gasteiger partial charge in [-0.3, -0.25) is 4.79 Å². The highest BCUT2D eigenvalue weighted by atomic mass is 16.7. The maximum atomic E-state index is 11.8. The number of ether oxygens (including phenoxy) is 3. The van der Waals surface area contributed by atoms with Gasteiger partial charge in [-0.1, -0.05) is 25.1 Å². The summed E-state index contributed by atoms with van der Waals surface area (Å²) in [6, 6.07) is 8.79. The van der Waals surface area contributed by atoms with E-state index in [2.05, 4.69) is 0 Å². The lowest BCUT2D eigenvalue weighted by molar-refractivity contribution is -0.175. The molecular formula is C15H18O5. The summed E-state index contributed by atoms with van der Waals surface area (Å²) in [5, 5.41) is 0. The average molecular weight is 278 g/mol. The Hall–Kier alpha value is -1.88. The highest BCUT2D eigenvalue weighted by Gasteiger charge is 2.34. The van der Waals surface area contributed by atoms with Crippen LogP contribution in [0.15, 0.2) is 30.3 Å². The van der Waals surface area contributed by atoms with Crippen molar-refractivity contribution in [2.45, 2.75) is 32.7 Å². The monoisotopic (exact) mass is 278 g/mol. The Labute approximate surface area is 117 Å². The summed E-state index contributed by atoms with van der Waals surface area (Å²) in [4.78, 5) is 22.7. The highest BCUT2D eigenvalue weighted by molar-refractivity contribution is 5.89. The van der Waals surface area contributed by atoms with Gasteiger partial charge in [0.25, 0.3) is 0 Å². The zero-order valence-corrected chi connectivity index (χ0v) is 11.6. The second-order valence-corrected chi connectivity index (χ2v) is 4.89. The van der Waals surface area contributed by atoms with E-state index in [0.717, 1.165) is 0 Å². The van der Waals surface area contributed by atoms with Crippen molar-refractivity contribution in [1.82, 2.24) is 0 Å². The van der Waals surface area contributed by atoms with E-state index in [9.17, 15) is 9.59 Å². The van der Waals surface area contributed by atoms with Gasteiger partial charge < -0.3 is 14.2 Å². The third kappa shape index (κ3) is 3.81. The molecule has 1 heterocycles. The predicted octanol–water partition coefficient (Wildman–Crippen LogP) is 2.16. The quantitative estimate of drug-likeness (QED) is 0.790. The molecule has 0 N–H and O–H groups in total. The van der Waals surface area contributed by atoms with Crippen LogP contribution in [-0.4, -0.2) is 30.9 Å². The molecule has 0 radical (unpaired) electrons. The smallest absolute Gasteiger partial charge is 0.338 e. The van der Waals surface area contributed by atoms with Crippen LogP contribution in [0, 0.1) is 5.92 Å². The van der Waals surface area contributed by atoms with Crippen LogP contribution in [-0.2, 0) is 19.0 Å². The van der Waals surface area contributed by atoms with E-state index >= 15 is 0 Å². The zero-order chi connectivity index (χ0) is 14.5. The van der Waals surface area contributed by atoms with Crippen LogP contribution >= 0.6 is 0 Å². The van der Waals surface area contributed by atoms with Gasteiger partial charge in [-0.2, -0.15) is 0 Å². The molecule has 0 bridgehead atoms. The van der Waals surface area contributed by atoms with E-state index in [1.54, 1.807) is 24.3 Å². The molecule has 1 saturated heterocycles. The fourth-order valence-electron chi connectivity index (χ4n) is 2.12. The predicted molar refractivity (Wildman–Crippen MR) is 70.9 cm³/mol. The minimum absolute atomic E-state index is 0.159. The summed E-state index contributed by atoms with van der Waals surface area (Å²) < 4.78 is 15.8. The zero-order valence-electron chi connectivity index (χ0n) is 11.6. The van der Waals surface area contributed by atoms with Crippen molar-refractivity contribution in [3.8, 4) is 0 Å². The number of hydrogen-bond acceptors (Lipinski definition) is 5. The molecule has 1 unspecified atom stereocenters. The molecule has 0 aromatic heterocycles. The van der Waals surface area contributed by atoms with Gasteiger partial charge in [0, 0.05) is 13.3 Å². The van der Waals surface area contributed by atoms with Gasteiger partial charge in [0.05, 0.1) is 11.7 Å². The summed E-state index contributed by atoms with van der Waals surface area (Å²) in [7, 11) is 0. The van der Waals surface area contributed by atoms with E-state index in [4.69, 9.17) is 14.2 Å². The first-order valence-electron chi connectivity index (χ1n) is 6.61. The number of benzene rings is 1. The molecule has 1 aliphatic heterocycles. The molecule has 0 spiro atoms. The van der Waals surface area contributed by atoms with E-state index in [0.29, 0.717) is 12.0 Å². The summed E-state index contributed by atoms with van der Waals surface area (Å²) in [5.74, 6) is -0.579. The average Bonchev–Trinajstić information content (AvgIpc) is 2.76. The van der Waals surface area contributed by atoms with Crippen LogP contribution in [0.3, 0.4) is 0 Å². The Morgan fingerprint density at radius 3 is 2.65 bits per heavy atom. The van der Waals surface area contributed by atoms with Gasteiger partial charge in [-0.15, -0.1) is 0 Å². The Kier molecular flexibility index (Phi) is 4.74.